The summed E-state index contributed by atoms with van der Waals surface area (Å²) >= 11 is 0. The highest BCUT2D eigenvalue weighted by Gasteiger charge is 2.33. The molecule has 3 rings (SSSR count). The van der Waals surface area contributed by atoms with Crippen LogP contribution < -0.4 is 14.8 Å². The number of hydrogen-bond acceptors (Lipinski definition) is 5. The van der Waals surface area contributed by atoms with Gasteiger partial charge in [-0.15, -0.1) is 0 Å². The Bertz CT molecular complexity index is 779. The summed E-state index contributed by atoms with van der Waals surface area (Å²) in [6.45, 7) is 2.29. The first-order valence-electron chi connectivity index (χ1n) is 9.81. The van der Waals surface area contributed by atoms with Gasteiger partial charge in [0.05, 0.1) is 13.1 Å². The highest BCUT2D eigenvalue weighted by atomic mass is 19.1. The van der Waals surface area contributed by atoms with E-state index in [1.54, 1.807) is 18.2 Å². The van der Waals surface area contributed by atoms with Gasteiger partial charge in [-0.05, 0) is 37.1 Å². The average molecular weight is 402 g/mol. The summed E-state index contributed by atoms with van der Waals surface area (Å²) in [5, 5.41) is 13.5. The number of aliphatic hydroxyl groups is 1. The molecule has 29 heavy (non-hydrogen) atoms. The summed E-state index contributed by atoms with van der Waals surface area (Å²) in [6.07, 6.45) is 0.928. The van der Waals surface area contributed by atoms with E-state index in [9.17, 15) is 14.3 Å². The van der Waals surface area contributed by atoms with Crippen molar-refractivity contribution in [3.05, 3.63) is 60.4 Å². The molecule has 7 heteroatoms. The number of nitrogens with one attached hydrogen (secondary N) is 1. The Morgan fingerprint density at radius 1 is 1.07 bits per heavy atom. The van der Waals surface area contributed by atoms with Crippen LogP contribution in [0.3, 0.4) is 0 Å². The minimum atomic E-state index is -1.02. The van der Waals surface area contributed by atoms with E-state index in [1.807, 2.05) is 35.2 Å². The monoisotopic (exact) mass is 402 g/mol. The maximum atomic E-state index is 13.6. The van der Waals surface area contributed by atoms with Gasteiger partial charge < -0.3 is 19.9 Å². The smallest absolute Gasteiger partial charge is 0.234 e. The minimum absolute atomic E-state index is 0.0325. The first-order chi connectivity index (χ1) is 14.0. The summed E-state index contributed by atoms with van der Waals surface area (Å²) in [7, 11) is 0. The van der Waals surface area contributed by atoms with Crippen molar-refractivity contribution in [2.24, 2.45) is 0 Å². The molecular formula is C22H27FN2O4. The van der Waals surface area contributed by atoms with E-state index in [4.69, 9.17) is 9.47 Å². The molecule has 0 aliphatic carbocycles. The van der Waals surface area contributed by atoms with Gasteiger partial charge in [0.25, 0.3) is 0 Å². The number of ether oxygens (including phenoxy) is 2. The van der Waals surface area contributed by atoms with Crippen molar-refractivity contribution >= 4 is 5.91 Å². The molecule has 1 heterocycles. The molecule has 2 aromatic rings. The fourth-order valence-corrected chi connectivity index (χ4v) is 3.18. The predicted molar refractivity (Wildman–Crippen MR) is 107 cm³/mol. The van der Waals surface area contributed by atoms with Crippen LogP contribution in [0.1, 0.15) is 12.8 Å². The van der Waals surface area contributed by atoms with E-state index < -0.39 is 11.4 Å². The van der Waals surface area contributed by atoms with E-state index in [0.29, 0.717) is 39.1 Å². The number of amides is 1. The second kappa shape index (κ2) is 10.2. The first-order valence-corrected chi connectivity index (χ1v) is 9.81. The SMILES string of the molecule is O=C(CN1CCC(O)(COc2ccccc2F)CC1)NCCOc1ccccc1. The topological polar surface area (TPSA) is 71.0 Å². The zero-order valence-corrected chi connectivity index (χ0v) is 16.4. The van der Waals surface area contributed by atoms with Crippen LogP contribution in [0.15, 0.2) is 54.6 Å². The highest BCUT2D eigenvalue weighted by molar-refractivity contribution is 5.78. The van der Waals surface area contributed by atoms with E-state index in [2.05, 4.69) is 5.32 Å². The molecule has 1 aliphatic rings. The lowest BCUT2D eigenvalue weighted by atomic mass is 9.92. The largest absolute Gasteiger partial charge is 0.492 e. The van der Waals surface area contributed by atoms with Crippen molar-refractivity contribution in [3.8, 4) is 11.5 Å². The lowest BCUT2D eigenvalue weighted by Gasteiger charge is -2.37. The molecule has 1 fully saturated rings. The quantitative estimate of drug-likeness (QED) is 0.630. The van der Waals surface area contributed by atoms with Crippen molar-refractivity contribution in [1.29, 1.82) is 0 Å². The number of para-hydroxylation sites is 2. The molecule has 2 N–H and O–H groups in total. The molecule has 1 amide bonds. The molecule has 0 unspecified atom stereocenters. The number of likely N-dealkylation sites (tertiary alicyclic amines) is 1. The fraction of sp³-hybridized carbons (Fsp3) is 0.409. The maximum absolute atomic E-state index is 13.6. The van der Waals surface area contributed by atoms with Crippen LogP contribution in [0.2, 0.25) is 0 Å². The Balaban J connectivity index is 1.32. The van der Waals surface area contributed by atoms with Gasteiger partial charge in [-0.3, -0.25) is 9.69 Å². The molecule has 1 aliphatic heterocycles. The zero-order chi connectivity index (χ0) is 20.5. The third kappa shape index (κ3) is 6.73. The third-order valence-corrected chi connectivity index (χ3v) is 4.92. The Labute approximate surface area is 170 Å². The van der Waals surface area contributed by atoms with Crippen LogP contribution in [0.25, 0.3) is 0 Å². The van der Waals surface area contributed by atoms with Crippen LogP contribution >= 0.6 is 0 Å². The maximum Gasteiger partial charge on any atom is 0.234 e. The summed E-state index contributed by atoms with van der Waals surface area (Å²) in [6, 6.07) is 15.6. The molecule has 1 saturated heterocycles. The fourth-order valence-electron chi connectivity index (χ4n) is 3.18. The molecule has 156 valence electrons. The number of hydrogen-bond donors (Lipinski definition) is 2. The molecule has 0 spiro atoms. The summed E-state index contributed by atoms with van der Waals surface area (Å²) in [5.41, 5.74) is -1.02. The average Bonchev–Trinajstić information content (AvgIpc) is 2.73. The van der Waals surface area contributed by atoms with Crippen LogP contribution in [0.4, 0.5) is 4.39 Å². The second-order valence-electron chi connectivity index (χ2n) is 7.23. The van der Waals surface area contributed by atoms with Gasteiger partial charge in [-0.2, -0.15) is 0 Å². The van der Waals surface area contributed by atoms with Crippen LogP contribution in [-0.4, -0.2) is 60.9 Å². The molecule has 0 bridgehead atoms. The lowest BCUT2D eigenvalue weighted by Crippen LogP contribution is -2.50. The third-order valence-electron chi connectivity index (χ3n) is 4.92. The van der Waals surface area contributed by atoms with E-state index in [0.717, 1.165) is 5.75 Å². The molecule has 0 aromatic heterocycles. The lowest BCUT2D eigenvalue weighted by molar-refractivity contribution is -0.124. The number of carbonyl (C=O) groups is 1. The van der Waals surface area contributed by atoms with Gasteiger partial charge in [0.1, 0.15) is 24.6 Å². The highest BCUT2D eigenvalue weighted by Crippen LogP contribution is 2.24. The van der Waals surface area contributed by atoms with Crippen LogP contribution in [0, 0.1) is 5.82 Å². The zero-order valence-electron chi connectivity index (χ0n) is 16.4. The summed E-state index contributed by atoms with van der Waals surface area (Å²) < 4.78 is 24.6. The van der Waals surface area contributed by atoms with Gasteiger partial charge >= 0.3 is 0 Å². The Hall–Kier alpha value is -2.64. The van der Waals surface area contributed by atoms with E-state index in [1.165, 1.54) is 6.07 Å². The van der Waals surface area contributed by atoms with Gasteiger partial charge in [-0.1, -0.05) is 30.3 Å². The van der Waals surface area contributed by atoms with E-state index >= 15 is 0 Å². The first kappa shape index (κ1) is 21.1. The Morgan fingerprint density at radius 3 is 2.48 bits per heavy atom. The number of rotatable bonds is 9. The predicted octanol–water partition coefficient (Wildman–Crippen LogP) is 2.23. The van der Waals surface area contributed by atoms with Crippen LogP contribution in [-0.2, 0) is 4.79 Å². The van der Waals surface area contributed by atoms with Gasteiger partial charge in [0.2, 0.25) is 5.91 Å². The Kier molecular flexibility index (Phi) is 7.43. The van der Waals surface area contributed by atoms with Crippen molar-refractivity contribution < 1.29 is 23.8 Å². The number of piperidine rings is 1. The standard InChI is InChI=1S/C22H27FN2O4/c23-19-8-4-5-9-20(19)29-17-22(27)10-13-25(14-11-22)16-21(26)24-12-15-28-18-6-2-1-3-7-18/h1-9,27H,10-17H2,(H,24,26). The van der Waals surface area contributed by atoms with Gasteiger partial charge in [0, 0.05) is 13.1 Å². The minimum Gasteiger partial charge on any atom is -0.492 e. The number of halogens is 1. The van der Waals surface area contributed by atoms with Crippen molar-refractivity contribution in [1.82, 2.24) is 10.2 Å². The molecule has 6 nitrogen and oxygen atoms in total. The molecule has 0 atom stereocenters. The molecule has 0 radical (unpaired) electrons. The number of carbonyl (C=O) groups excluding carboxylic acids is 1. The molecular weight excluding hydrogens is 375 g/mol. The van der Waals surface area contributed by atoms with Crippen molar-refractivity contribution in [3.63, 3.8) is 0 Å². The molecule has 2 aromatic carbocycles. The van der Waals surface area contributed by atoms with E-state index in [-0.39, 0.29) is 24.8 Å². The van der Waals surface area contributed by atoms with Crippen LogP contribution in [0.5, 0.6) is 11.5 Å². The number of benzene rings is 2. The molecule has 0 saturated carbocycles. The summed E-state index contributed by atoms with van der Waals surface area (Å²) in [5.74, 6) is 0.395. The summed E-state index contributed by atoms with van der Waals surface area (Å²) in [4.78, 5) is 14.1. The Morgan fingerprint density at radius 2 is 1.76 bits per heavy atom. The number of nitrogens with zero attached hydrogens (tertiary/aromatic N) is 1. The van der Waals surface area contributed by atoms with Gasteiger partial charge in [0.15, 0.2) is 11.6 Å². The van der Waals surface area contributed by atoms with Crippen molar-refractivity contribution in [2.45, 2.75) is 18.4 Å². The normalized spacial score (nSPS) is 16.2. The van der Waals surface area contributed by atoms with Gasteiger partial charge in [-0.25, -0.2) is 4.39 Å². The second-order valence-corrected chi connectivity index (χ2v) is 7.23. The van der Waals surface area contributed by atoms with Crippen molar-refractivity contribution in [2.75, 3.05) is 39.4 Å².